The van der Waals surface area contributed by atoms with Gasteiger partial charge in [-0.15, -0.1) is 0 Å². The molecule has 0 fully saturated rings. The van der Waals surface area contributed by atoms with Crippen LogP contribution >= 0.6 is 0 Å². The summed E-state index contributed by atoms with van der Waals surface area (Å²) in [5, 5.41) is 11.4. The SMILES string of the molecule is Cc1ccc2ncc(C(=O)NCCCOCCO)n2c1. The van der Waals surface area contributed by atoms with Gasteiger partial charge in [0, 0.05) is 19.3 Å². The number of hydrogen-bond acceptors (Lipinski definition) is 4. The highest BCUT2D eigenvalue weighted by atomic mass is 16.5. The van der Waals surface area contributed by atoms with Crippen LogP contribution in [0, 0.1) is 6.92 Å². The molecule has 2 N–H and O–H groups in total. The van der Waals surface area contributed by atoms with Gasteiger partial charge in [0.2, 0.25) is 0 Å². The van der Waals surface area contributed by atoms with Gasteiger partial charge < -0.3 is 15.2 Å². The van der Waals surface area contributed by atoms with Gasteiger partial charge in [-0.3, -0.25) is 9.20 Å². The molecule has 108 valence electrons. The lowest BCUT2D eigenvalue weighted by molar-refractivity contribution is 0.0865. The number of amides is 1. The van der Waals surface area contributed by atoms with Crippen LogP contribution in [-0.4, -0.2) is 46.8 Å². The molecule has 2 aromatic heterocycles. The van der Waals surface area contributed by atoms with E-state index in [1.165, 1.54) is 0 Å². The summed E-state index contributed by atoms with van der Waals surface area (Å²) in [5.74, 6) is -0.148. The first-order valence-electron chi connectivity index (χ1n) is 6.63. The normalized spacial score (nSPS) is 10.9. The molecule has 0 aromatic carbocycles. The summed E-state index contributed by atoms with van der Waals surface area (Å²) < 4.78 is 6.91. The van der Waals surface area contributed by atoms with Gasteiger partial charge in [0.1, 0.15) is 11.3 Å². The zero-order valence-corrected chi connectivity index (χ0v) is 11.5. The largest absolute Gasteiger partial charge is 0.394 e. The fraction of sp³-hybridized carbons (Fsp3) is 0.429. The van der Waals surface area contributed by atoms with E-state index in [1.54, 1.807) is 10.6 Å². The molecule has 1 amide bonds. The van der Waals surface area contributed by atoms with Crippen molar-refractivity contribution in [3.63, 3.8) is 0 Å². The van der Waals surface area contributed by atoms with Crippen LogP contribution in [0.4, 0.5) is 0 Å². The van der Waals surface area contributed by atoms with Gasteiger partial charge in [0.25, 0.3) is 5.91 Å². The quantitative estimate of drug-likeness (QED) is 0.733. The van der Waals surface area contributed by atoms with Crippen molar-refractivity contribution in [3.05, 3.63) is 35.8 Å². The highest BCUT2D eigenvalue weighted by molar-refractivity contribution is 5.93. The first-order valence-corrected chi connectivity index (χ1v) is 6.63. The molecular formula is C14H19N3O3. The van der Waals surface area contributed by atoms with Crippen molar-refractivity contribution >= 4 is 11.6 Å². The van der Waals surface area contributed by atoms with Crippen molar-refractivity contribution in [3.8, 4) is 0 Å². The van der Waals surface area contributed by atoms with E-state index >= 15 is 0 Å². The molecule has 6 heteroatoms. The van der Waals surface area contributed by atoms with Crippen LogP contribution in [0.15, 0.2) is 24.5 Å². The van der Waals surface area contributed by atoms with Gasteiger partial charge in [-0.1, -0.05) is 6.07 Å². The number of aryl methyl sites for hydroxylation is 1. The number of carbonyl (C=O) groups excluding carboxylic acids is 1. The van der Waals surface area contributed by atoms with Crippen LogP contribution in [0.2, 0.25) is 0 Å². The number of fused-ring (bicyclic) bond motifs is 1. The Morgan fingerprint density at radius 2 is 2.30 bits per heavy atom. The molecule has 2 heterocycles. The first kappa shape index (κ1) is 14.5. The lowest BCUT2D eigenvalue weighted by atomic mass is 10.3. The molecule has 0 aliphatic rings. The average Bonchev–Trinajstić information content (AvgIpc) is 2.85. The number of nitrogens with zero attached hydrogens (tertiary/aromatic N) is 2. The van der Waals surface area contributed by atoms with E-state index in [9.17, 15) is 4.79 Å². The highest BCUT2D eigenvalue weighted by Crippen LogP contribution is 2.08. The van der Waals surface area contributed by atoms with E-state index in [4.69, 9.17) is 9.84 Å². The second-order valence-electron chi connectivity index (χ2n) is 4.52. The van der Waals surface area contributed by atoms with Crippen LogP contribution in [-0.2, 0) is 4.74 Å². The number of pyridine rings is 1. The fourth-order valence-corrected chi connectivity index (χ4v) is 1.89. The van der Waals surface area contributed by atoms with Crippen LogP contribution in [0.3, 0.4) is 0 Å². The Morgan fingerprint density at radius 1 is 1.45 bits per heavy atom. The summed E-state index contributed by atoms with van der Waals surface area (Å²) in [6.45, 7) is 3.38. The summed E-state index contributed by atoms with van der Waals surface area (Å²) in [4.78, 5) is 16.3. The van der Waals surface area contributed by atoms with E-state index in [0.717, 1.165) is 11.2 Å². The van der Waals surface area contributed by atoms with Gasteiger partial charge in [0.15, 0.2) is 0 Å². The second-order valence-corrected chi connectivity index (χ2v) is 4.52. The Kier molecular flexibility index (Phi) is 5.09. The third kappa shape index (κ3) is 3.55. The zero-order chi connectivity index (χ0) is 14.4. The Balaban J connectivity index is 1.89. The maximum absolute atomic E-state index is 12.1. The van der Waals surface area contributed by atoms with Gasteiger partial charge >= 0.3 is 0 Å². The Morgan fingerprint density at radius 3 is 3.10 bits per heavy atom. The van der Waals surface area contributed by atoms with Crippen molar-refractivity contribution < 1.29 is 14.6 Å². The van der Waals surface area contributed by atoms with Gasteiger partial charge in [-0.2, -0.15) is 0 Å². The number of imidazole rings is 1. The Labute approximate surface area is 117 Å². The minimum Gasteiger partial charge on any atom is -0.394 e. The van der Waals surface area contributed by atoms with E-state index in [-0.39, 0.29) is 12.5 Å². The molecule has 0 aliphatic heterocycles. The number of ether oxygens (including phenoxy) is 1. The summed E-state index contributed by atoms with van der Waals surface area (Å²) in [6.07, 6.45) is 4.18. The number of rotatable bonds is 7. The van der Waals surface area contributed by atoms with Crippen LogP contribution in [0.1, 0.15) is 22.5 Å². The molecule has 2 rings (SSSR count). The number of aliphatic hydroxyl groups excluding tert-OH is 1. The summed E-state index contributed by atoms with van der Waals surface area (Å²) >= 11 is 0. The average molecular weight is 277 g/mol. The van der Waals surface area contributed by atoms with Crippen LogP contribution in [0.5, 0.6) is 0 Å². The molecule has 0 aliphatic carbocycles. The molecule has 0 saturated carbocycles. The maximum atomic E-state index is 12.1. The predicted molar refractivity (Wildman–Crippen MR) is 74.8 cm³/mol. The topological polar surface area (TPSA) is 75.9 Å². The third-order valence-electron chi connectivity index (χ3n) is 2.87. The number of hydrogen-bond donors (Lipinski definition) is 2. The molecule has 0 bridgehead atoms. The van der Waals surface area contributed by atoms with E-state index in [2.05, 4.69) is 10.3 Å². The van der Waals surface area contributed by atoms with E-state index in [0.29, 0.717) is 31.9 Å². The van der Waals surface area contributed by atoms with Crippen molar-refractivity contribution in [1.82, 2.24) is 14.7 Å². The monoisotopic (exact) mass is 277 g/mol. The lowest BCUT2D eigenvalue weighted by Gasteiger charge is -2.06. The molecular weight excluding hydrogens is 258 g/mol. The maximum Gasteiger partial charge on any atom is 0.269 e. The van der Waals surface area contributed by atoms with Gasteiger partial charge in [-0.05, 0) is 25.0 Å². The number of aliphatic hydroxyl groups is 1. The lowest BCUT2D eigenvalue weighted by Crippen LogP contribution is -2.26. The summed E-state index contributed by atoms with van der Waals surface area (Å²) in [5.41, 5.74) is 2.36. The number of carbonyl (C=O) groups is 1. The molecule has 6 nitrogen and oxygen atoms in total. The molecule has 0 saturated heterocycles. The minimum absolute atomic E-state index is 0.0214. The van der Waals surface area contributed by atoms with Crippen molar-refractivity contribution in [2.45, 2.75) is 13.3 Å². The van der Waals surface area contributed by atoms with Crippen molar-refractivity contribution in [1.29, 1.82) is 0 Å². The highest BCUT2D eigenvalue weighted by Gasteiger charge is 2.11. The Hall–Kier alpha value is -1.92. The predicted octanol–water partition coefficient (Wildman–Crippen LogP) is 0.772. The third-order valence-corrected chi connectivity index (χ3v) is 2.87. The standard InChI is InChI=1S/C14H19N3O3/c1-11-3-4-13-16-9-12(17(13)10-11)14(19)15-5-2-7-20-8-6-18/h3-4,9-10,18H,2,5-8H2,1H3,(H,15,19). The first-order chi connectivity index (χ1) is 9.72. The number of nitrogens with one attached hydrogen (secondary N) is 1. The van der Waals surface area contributed by atoms with E-state index in [1.807, 2.05) is 25.3 Å². The van der Waals surface area contributed by atoms with Crippen LogP contribution in [0.25, 0.3) is 5.65 Å². The molecule has 0 atom stereocenters. The smallest absolute Gasteiger partial charge is 0.269 e. The molecule has 2 aromatic rings. The van der Waals surface area contributed by atoms with Gasteiger partial charge in [0.05, 0.1) is 19.4 Å². The fourth-order valence-electron chi connectivity index (χ4n) is 1.89. The second kappa shape index (κ2) is 7.02. The Bertz CT molecular complexity index is 580. The number of aromatic nitrogens is 2. The van der Waals surface area contributed by atoms with Crippen LogP contribution < -0.4 is 5.32 Å². The molecule has 0 unspecified atom stereocenters. The summed E-state index contributed by atoms with van der Waals surface area (Å²) in [6, 6.07) is 3.84. The van der Waals surface area contributed by atoms with Gasteiger partial charge in [-0.25, -0.2) is 4.98 Å². The molecule has 20 heavy (non-hydrogen) atoms. The molecule has 0 radical (unpaired) electrons. The minimum atomic E-state index is -0.148. The van der Waals surface area contributed by atoms with Crippen molar-refractivity contribution in [2.75, 3.05) is 26.4 Å². The summed E-state index contributed by atoms with van der Waals surface area (Å²) in [7, 11) is 0. The van der Waals surface area contributed by atoms with E-state index < -0.39 is 0 Å². The zero-order valence-electron chi connectivity index (χ0n) is 11.5. The molecule has 0 spiro atoms. The van der Waals surface area contributed by atoms with Crippen molar-refractivity contribution in [2.24, 2.45) is 0 Å².